The lowest BCUT2D eigenvalue weighted by Gasteiger charge is -2.37. The zero-order chi connectivity index (χ0) is 24.5. The molecular formula is C27H23Cl2N3O2S. The number of nitrogens with zero attached hydrogens (tertiary/aromatic N) is 2. The minimum atomic E-state index is -0.270. The first-order valence-corrected chi connectivity index (χ1v) is 12.9. The Kier molecular flexibility index (Phi) is 6.69. The number of hydrogen-bond acceptors (Lipinski definition) is 4. The van der Waals surface area contributed by atoms with Crippen molar-refractivity contribution >= 4 is 67.8 Å². The number of carbonyl (C=O) groups excluding carboxylic acids is 2. The molecule has 4 aromatic rings. The van der Waals surface area contributed by atoms with Gasteiger partial charge in [-0.25, -0.2) is 0 Å². The maximum absolute atomic E-state index is 13.2. The number of rotatable bonds is 4. The van der Waals surface area contributed by atoms with Crippen LogP contribution in [-0.4, -0.2) is 42.9 Å². The van der Waals surface area contributed by atoms with Gasteiger partial charge in [0, 0.05) is 41.8 Å². The summed E-state index contributed by atoms with van der Waals surface area (Å²) in [6.45, 7) is 4.34. The van der Waals surface area contributed by atoms with Crippen molar-refractivity contribution in [2.45, 2.75) is 6.92 Å². The van der Waals surface area contributed by atoms with Crippen LogP contribution in [0.5, 0.6) is 0 Å². The van der Waals surface area contributed by atoms with E-state index in [9.17, 15) is 9.59 Å². The molecule has 1 aliphatic heterocycles. The summed E-state index contributed by atoms with van der Waals surface area (Å²) in [7, 11) is 0. The van der Waals surface area contributed by atoms with Crippen molar-refractivity contribution in [3.05, 3.63) is 92.8 Å². The first-order chi connectivity index (χ1) is 16.9. The molecular weight excluding hydrogens is 501 g/mol. The first kappa shape index (κ1) is 23.7. The molecule has 1 saturated heterocycles. The van der Waals surface area contributed by atoms with Crippen LogP contribution < -0.4 is 10.2 Å². The van der Waals surface area contributed by atoms with Crippen molar-refractivity contribution in [2.75, 3.05) is 36.4 Å². The molecule has 5 nitrogen and oxygen atoms in total. The van der Waals surface area contributed by atoms with E-state index in [2.05, 4.69) is 10.2 Å². The van der Waals surface area contributed by atoms with E-state index < -0.39 is 0 Å². The minimum Gasteiger partial charge on any atom is -0.365 e. The molecule has 1 N–H and O–H groups in total. The first-order valence-electron chi connectivity index (χ1n) is 11.3. The van der Waals surface area contributed by atoms with Gasteiger partial charge in [-0.2, -0.15) is 0 Å². The molecule has 5 rings (SSSR count). The van der Waals surface area contributed by atoms with E-state index in [0.29, 0.717) is 52.4 Å². The Morgan fingerprint density at radius 1 is 0.886 bits per heavy atom. The predicted octanol–water partition coefficient (Wildman–Crippen LogP) is 6.73. The molecule has 0 aliphatic carbocycles. The highest BCUT2D eigenvalue weighted by Crippen LogP contribution is 2.38. The number of halogens is 2. The summed E-state index contributed by atoms with van der Waals surface area (Å²) in [5.74, 6) is -0.246. The van der Waals surface area contributed by atoms with E-state index >= 15 is 0 Å². The number of anilines is 2. The number of nitrogens with one attached hydrogen (secondary N) is 1. The van der Waals surface area contributed by atoms with E-state index in [1.165, 1.54) is 11.3 Å². The molecule has 35 heavy (non-hydrogen) atoms. The van der Waals surface area contributed by atoms with Gasteiger partial charge in [0.05, 0.1) is 21.4 Å². The quantitative estimate of drug-likeness (QED) is 0.322. The molecule has 1 aromatic heterocycles. The molecule has 3 aromatic carbocycles. The maximum Gasteiger partial charge on any atom is 0.267 e. The van der Waals surface area contributed by atoms with Crippen molar-refractivity contribution in [3.63, 3.8) is 0 Å². The Labute approximate surface area is 217 Å². The predicted molar refractivity (Wildman–Crippen MR) is 146 cm³/mol. The third-order valence-electron chi connectivity index (χ3n) is 6.16. The van der Waals surface area contributed by atoms with Crippen molar-refractivity contribution < 1.29 is 9.59 Å². The Morgan fingerprint density at radius 2 is 1.60 bits per heavy atom. The van der Waals surface area contributed by atoms with Crippen LogP contribution in [0.25, 0.3) is 10.1 Å². The molecule has 0 radical (unpaired) electrons. The van der Waals surface area contributed by atoms with Crippen molar-refractivity contribution in [1.29, 1.82) is 0 Å². The van der Waals surface area contributed by atoms with E-state index in [1.54, 1.807) is 0 Å². The summed E-state index contributed by atoms with van der Waals surface area (Å²) < 4.78 is 0.961. The number of hydrogen-bond donors (Lipinski definition) is 1. The molecule has 8 heteroatoms. The highest BCUT2D eigenvalue weighted by atomic mass is 35.5. The minimum absolute atomic E-state index is 0.0248. The third-order valence-corrected chi connectivity index (χ3v) is 8.14. The molecule has 0 atom stereocenters. The van der Waals surface area contributed by atoms with E-state index in [0.717, 1.165) is 21.3 Å². The van der Waals surface area contributed by atoms with Crippen LogP contribution >= 0.6 is 34.5 Å². The fraction of sp³-hybridized carbons (Fsp3) is 0.185. The average Bonchev–Trinajstić information content (AvgIpc) is 3.21. The zero-order valence-corrected chi connectivity index (χ0v) is 21.4. The Balaban J connectivity index is 1.33. The molecule has 2 heterocycles. The van der Waals surface area contributed by atoms with Gasteiger partial charge in [0.15, 0.2) is 0 Å². The number of benzene rings is 3. The maximum atomic E-state index is 13.2. The van der Waals surface area contributed by atoms with E-state index in [1.807, 2.05) is 78.6 Å². The number of piperazine rings is 1. The number of para-hydroxylation sites is 1. The largest absolute Gasteiger partial charge is 0.365 e. The molecule has 1 fully saturated rings. The Morgan fingerprint density at radius 3 is 2.31 bits per heavy atom. The lowest BCUT2D eigenvalue weighted by Crippen LogP contribution is -2.49. The number of carbonyl (C=O) groups is 2. The van der Waals surface area contributed by atoms with Crippen molar-refractivity contribution in [2.24, 2.45) is 0 Å². The number of fused-ring (bicyclic) bond motifs is 1. The summed E-state index contributed by atoms with van der Waals surface area (Å²) in [5.41, 5.74) is 3.18. The van der Waals surface area contributed by atoms with Gasteiger partial charge >= 0.3 is 0 Å². The summed E-state index contributed by atoms with van der Waals surface area (Å²) in [6.07, 6.45) is 0. The van der Waals surface area contributed by atoms with Gasteiger partial charge in [0.1, 0.15) is 4.88 Å². The smallest absolute Gasteiger partial charge is 0.267 e. The topological polar surface area (TPSA) is 52.7 Å². The second-order valence-electron chi connectivity index (χ2n) is 8.48. The molecule has 0 spiro atoms. The summed E-state index contributed by atoms with van der Waals surface area (Å²) in [4.78, 5) is 30.5. The number of amides is 2. The van der Waals surface area contributed by atoms with Gasteiger partial charge in [-0.05, 0) is 37.3 Å². The Bertz CT molecular complexity index is 1410. The van der Waals surface area contributed by atoms with Gasteiger partial charge in [-0.15, -0.1) is 11.3 Å². The molecule has 0 bridgehead atoms. The molecule has 0 saturated carbocycles. The van der Waals surface area contributed by atoms with E-state index in [-0.39, 0.29) is 11.8 Å². The van der Waals surface area contributed by atoms with Gasteiger partial charge in [0.25, 0.3) is 11.8 Å². The molecule has 2 amide bonds. The normalized spacial score (nSPS) is 13.8. The van der Waals surface area contributed by atoms with Crippen LogP contribution in [0.4, 0.5) is 11.4 Å². The van der Waals surface area contributed by atoms with Gasteiger partial charge in [-0.1, -0.05) is 65.2 Å². The standard InChI is InChI=1S/C27H23Cl2N3O2S/c1-17-9-11-18(12-10-17)27(34)32-15-13-31(14-16-32)24-20(28)6-4-7-21(24)30-26(33)25-23(29)19-5-2-3-8-22(19)35-25/h2-12H,13-16H2,1H3,(H,30,33). The van der Waals surface area contributed by atoms with Crippen molar-refractivity contribution in [1.82, 2.24) is 4.90 Å². The van der Waals surface area contributed by atoms with Gasteiger partial charge in [0.2, 0.25) is 0 Å². The highest BCUT2D eigenvalue weighted by molar-refractivity contribution is 7.21. The lowest BCUT2D eigenvalue weighted by molar-refractivity contribution is 0.0746. The van der Waals surface area contributed by atoms with Crippen LogP contribution in [0.2, 0.25) is 10.0 Å². The molecule has 178 valence electrons. The SMILES string of the molecule is Cc1ccc(C(=O)N2CCN(c3c(Cl)cccc3NC(=O)c3sc4ccccc4c3Cl)CC2)cc1. The number of thiophene rings is 1. The fourth-order valence-electron chi connectivity index (χ4n) is 4.29. The molecule has 1 aliphatic rings. The van der Waals surface area contributed by atoms with Crippen LogP contribution in [0.3, 0.4) is 0 Å². The van der Waals surface area contributed by atoms with Crippen LogP contribution in [0.15, 0.2) is 66.7 Å². The van der Waals surface area contributed by atoms with Crippen LogP contribution in [0.1, 0.15) is 25.6 Å². The van der Waals surface area contributed by atoms with E-state index in [4.69, 9.17) is 23.2 Å². The average molecular weight is 524 g/mol. The lowest BCUT2D eigenvalue weighted by atomic mass is 10.1. The van der Waals surface area contributed by atoms with Crippen LogP contribution in [0, 0.1) is 6.92 Å². The second kappa shape index (κ2) is 9.90. The molecule has 0 unspecified atom stereocenters. The van der Waals surface area contributed by atoms with Gasteiger partial charge < -0.3 is 15.1 Å². The monoisotopic (exact) mass is 523 g/mol. The fourth-order valence-corrected chi connectivity index (χ4v) is 5.99. The summed E-state index contributed by atoms with van der Waals surface area (Å²) in [5, 5.41) is 4.88. The zero-order valence-electron chi connectivity index (χ0n) is 19.1. The van der Waals surface area contributed by atoms with Gasteiger partial charge in [-0.3, -0.25) is 9.59 Å². The van der Waals surface area contributed by atoms with Crippen molar-refractivity contribution in [3.8, 4) is 0 Å². The van der Waals surface area contributed by atoms with Crippen LogP contribution in [-0.2, 0) is 0 Å². The summed E-state index contributed by atoms with van der Waals surface area (Å²) in [6, 6.07) is 20.8. The number of aryl methyl sites for hydroxylation is 1. The Hall–Kier alpha value is -3.06. The third kappa shape index (κ3) is 4.74. The highest BCUT2D eigenvalue weighted by Gasteiger charge is 2.26. The second-order valence-corrected chi connectivity index (χ2v) is 10.3. The summed E-state index contributed by atoms with van der Waals surface area (Å²) >= 11 is 14.5.